The number of halogens is 1. The van der Waals surface area contributed by atoms with Gasteiger partial charge in [-0.2, -0.15) is 0 Å². The van der Waals surface area contributed by atoms with Crippen LogP contribution in [0.2, 0.25) is 0 Å². The summed E-state index contributed by atoms with van der Waals surface area (Å²) in [4.78, 5) is 11.2. The molecule has 3 heteroatoms. The number of rotatable bonds is 7. The molecule has 0 aliphatic carbocycles. The fourth-order valence-corrected chi connectivity index (χ4v) is 1.20. The lowest BCUT2D eigenvalue weighted by molar-refractivity contribution is -0.121. The highest BCUT2D eigenvalue weighted by Crippen LogP contribution is 2.00. The van der Waals surface area contributed by atoms with Gasteiger partial charge >= 0.3 is 0 Å². The first-order valence-corrected chi connectivity index (χ1v) is 6.15. The molecule has 1 amide bonds. The zero-order valence-electron chi connectivity index (χ0n) is 8.61. The highest BCUT2D eigenvalue weighted by atomic mass is 79.9. The van der Waals surface area contributed by atoms with Gasteiger partial charge in [0.05, 0.1) is 0 Å². The molecule has 1 N–H and O–H groups in total. The molecule has 0 aromatic rings. The van der Waals surface area contributed by atoms with E-state index in [4.69, 9.17) is 0 Å². The highest BCUT2D eigenvalue weighted by Gasteiger charge is 2.03. The Kier molecular flexibility index (Phi) is 8.51. The number of hydrogen-bond donors (Lipinski definition) is 1. The third-order valence-corrected chi connectivity index (χ3v) is 3.02. The predicted molar refractivity (Wildman–Crippen MR) is 60.1 cm³/mol. The number of unbranched alkanes of at least 4 members (excludes halogenated alkanes) is 2. The number of carbonyl (C=O) groups is 1. The fraction of sp³-hybridized carbons (Fsp3) is 0.900. The molecule has 0 aromatic carbocycles. The zero-order valence-corrected chi connectivity index (χ0v) is 10.2. The molecule has 1 unspecified atom stereocenters. The van der Waals surface area contributed by atoms with Crippen LogP contribution < -0.4 is 5.32 Å². The maximum atomic E-state index is 11.2. The number of amides is 1. The van der Waals surface area contributed by atoms with E-state index in [2.05, 4.69) is 35.1 Å². The van der Waals surface area contributed by atoms with Crippen molar-refractivity contribution < 1.29 is 4.79 Å². The lowest BCUT2D eigenvalue weighted by Crippen LogP contribution is -2.28. The molecule has 0 aromatic heterocycles. The van der Waals surface area contributed by atoms with Crippen LogP contribution in [-0.4, -0.2) is 17.8 Å². The topological polar surface area (TPSA) is 29.1 Å². The van der Waals surface area contributed by atoms with E-state index in [0.29, 0.717) is 12.3 Å². The Morgan fingerprint density at radius 2 is 2.15 bits per heavy atom. The van der Waals surface area contributed by atoms with Crippen molar-refractivity contribution in [3.8, 4) is 0 Å². The van der Waals surface area contributed by atoms with Crippen LogP contribution >= 0.6 is 15.9 Å². The van der Waals surface area contributed by atoms with Gasteiger partial charge in [-0.25, -0.2) is 0 Å². The second-order valence-corrected chi connectivity index (χ2v) is 4.17. The van der Waals surface area contributed by atoms with Crippen LogP contribution in [0.4, 0.5) is 0 Å². The van der Waals surface area contributed by atoms with E-state index in [1.54, 1.807) is 0 Å². The zero-order chi connectivity index (χ0) is 10.1. The third-order valence-electron chi connectivity index (χ3n) is 1.92. The van der Waals surface area contributed by atoms with Crippen molar-refractivity contribution in [3.63, 3.8) is 0 Å². The molecule has 0 aliphatic heterocycles. The van der Waals surface area contributed by atoms with Crippen molar-refractivity contribution in [1.29, 1.82) is 0 Å². The second kappa shape index (κ2) is 8.54. The molecular weight excluding hydrogens is 230 g/mol. The second-order valence-electron chi connectivity index (χ2n) is 3.52. The summed E-state index contributed by atoms with van der Waals surface area (Å²) >= 11 is 3.38. The molecule has 13 heavy (non-hydrogen) atoms. The molecular formula is C10H20BrNO. The van der Waals surface area contributed by atoms with Gasteiger partial charge in [0, 0.05) is 18.3 Å². The third kappa shape index (κ3) is 8.28. The Balaban J connectivity index is 3.30. The van der Waals surface area contributed by atoms with Crippen LogP contribution in [0.1, 0.15) is 39.5 Å². The number of carbonyl (C=O) groups excluding carboxylic acids is 1. The minimum atomic E-state index is 0.196. The van der Waals surface area contributed by atoms with Crippen LogP contribution in [0.3, 0.4) is 0 Å². The Morgan fingerprint density at radius 1 is 1.46 bits per heavy atom. The van der Waals surface area contributed by atoms with Crippen LogP contribution in [0.25, 0.3) is 0 Å². The van der Waals surface area contributed by atoms with Crippen molar-refractivity contribution >= 4 is 21.8 Å². The van der Waals surface area contributed by atoms with Crippen molar-refractivity contribution in [2.24, 2.45) is 5.92 Å². The molecule has 0 radical (unpaired) electrons. The number of alkyl halides is 1. The predicted octanol–water partition coefficient (Wildman–Crippen LogP) is 2.71. The average Bonchev–Trinajstić information content (AvgIpc) is 2.14. The fourth-order valence-electron chi connectivity index (χ4n) is 0.967. The van der Waals surface area contributed by atoms with Gasteiger partial charge in [-0.3, -0.25) is 4.79 Å². The van der Waals surface area contributed by atoms with Crippen molar-refractivity contribution in [1.82, 2.24) is 5.32 Å². The van der Waals surface area contributed by atoms with E-state index in [-0.39, 0.29) is 5.91 Å². The van der Waals surface area contributed by atoms with Crippen molar-refractivity contribution in [3.05, 3.63) is 0 Å². The largest absolute Gasteiger partial charge is 0.356 e. The van der Waals surface area contributed by atoms with Crippen LogP contribution in [0.5, 0.6) is 0 Å². The Bertz CT molecular complexity index is 139. The Hall–Kier alpha value is -0.0500. The van der Waals surface area contributed by atoms with E-state index in [1.165, 1.54) is 6.42 Å². The monoisotopic (exact) mass is 249 g/mol. The van der Waals surface area contributed by atoms with Gasteiger partial charge in [0.25, 0.3) is 0 Å². The summed E-state index contributed by atoms with van der Waals surface area (Å²) in [7, 11) is 0. The summed E-state index contributed by atoms with van der Waals surface area (Å²) < 4.78 is 0. The van der Waals surface area contributed by atoms with Crippen LogP contribution in [-0.2, 0) is 4.79 Å². The van der Waals surface area contributed by atoms with Gasteiger partial charge in [-0.05, 0) is 12.3 Å². The highest BCUT2D eigenvalue weighted by molar-refractivity contribution is 9.09. The van der Waals surface area contributed by atoms with Gasteiger partial charge in [0.1, 0.15) is 0 Å². The number of hydrogen-bond acceptors (Lipinski definition) is 1. The van der Waals surface area contributed by atoms with E-state index >= 15 is 0 Å². The molecule has 0 bridgehead atoms. The van der Waals surface area contributed by atoms with Gasteiger partial charge in [-0.1, -0.05) is 42.6 Å². The van der Waals surface area contributed by atoms with Crippen LogP contribution in [0.15, 0.2) is 0 Å². The summed E-state index contributed by atoms with van der Waals surface area (Å²) in [5.74, 6) is 0.719. The normalized spacial score (nSPS) is 12.5. The molecule has 78 valence electrons. The lowest BCUT2D eigenvalue weighted by atomic mass is 10.2. The van der Waals surface area contributed by atoms with Gasteiger partial charge < -0.3 is 5.32 Å². The van der Waals surface area contributed by atoms with Crippen molar-refractivity contribution in [2.45, 2.75) is 39.5 Å². The minimum absolute atomic E-state index is 0.196. The Labute approximate surface area is 89.6 Å². The average molecular weight is 250 g/mol. The van der Waals surface area contributed by atoms with Gasteiger partial charge in [0.15, 0.2) is 0 Å². The molecule has 0 rings (SSSR count). The molecule has 0 spiro atoms. The van der Waals surface area contributed by atoms with Crippen LogP contribution in [0, 0.1) is 5.92 Å². The molecule has 1 atom stereocenters. The maximum Gasteiger partial charge on any atom is 0.220 e. The van der Waals surface area contributed by atoms with E-state index in [9.17, 15) is 4.79 Å². The van der Waals surface area contributed by atoms with Crippen molar-refractivity contribution in [2.75, 3.05) is 11.9 Å². The summed E-state index contributed by atoms with van der Waals surface area (Å²) in [5.41, 5.74) is 0. The minimum Gasteiger partial charge on any atom is -0.356 e. The maximum absolute atomic E-state index is 11.2. The molecule has 0 saturated heterocycles. The quantitative estimate of drug-likeness (QED) is 0.546. The van der Waals surface area contributed by atoms with E-state index in [0.717, 1.165) is 24.7 Å². The number of nitrogens with one attached hydrogen (secondary N) is 1. The first kappa shape index (κ1) is 12.9. The van der Waals surface area contributed by atoms with Gasteiger partial charge in [0.2, 0.25) is 5.91 Å². The summed E-state index contributed by atoms with van der Waals surface area (Å²) in [5, 5.41) is 3.87. The summed E-state index contributed by atoms with van der Waals surface area (Å²) in [6, 6.07) is 0. The standard InChI is InChI=1S/C10H20BrNO/c1-3-4-5-6-10(13)12-8-9(2)7-11/h9H,3-8H2,1-2H3,(H,12,13). The first-order chi connectivity index (χ1) is 6.20. The molecule has 0 saturated carbocycles. The lowest BCUT2D eigenvalue weighted by Gasteiger charge is -2.08. The molecule has 0 aliphatic rings. The Morgan fingerprint density at radius 3 is 2.69 bits per heavy atom. The van der Waals surface area contributed by atoms with Gasteiger partial charge in [-0.15, -0.1) is 0 Å². The summed E-state index contributed by atoms with van der Waals surface area (Å²) in [6.07, 6.45) is 4.03. The van der Waals surface area contributed by atoms with E-state index < -0.39 is 0 Å². The smallest absolute Gasteiger partial charge is 0.220 e. The molecule has 0 heterocycles. The first-order valence-electron chi connectivity index (χ1n) is 5.03. The summed E-state index contributed by atoms with van der Waals surface area (Å²) in [6.45, 7) is 5.04. The molecule has 0 fully saturated rings. The molecule has 2 nitrogen and oxygen atoms in total. The van der Waals surface area contributed by atoms with E-state index in [1.807, 2.05) is 0 Å². The SMILES string of the molecule is CCCCCC(=O)NCC(C)CBr.